The molecule has 0 atom stereocenters. The molecule has 0 fully saturated rings. The Balaban J connectivity index is 2.07. The fourth-order valence-electron chi connectivity index (χ4n) is 1.96. The number of aromatic nitrogens is 2. The minimum Gasteiger partial charge on any atom is -0.490 e. The molecule has 2 aromatic rings. The van der Waals surface area contributed by atoms with Gasteiger partial charge in [-0.15, -0.1) is 0 Å². The Morgan fingerprint density at radius 2 is 2.30 bits per heavy atom. The number of hydrogen-bond acceptors (Lipinski definition) is 5. The Morgan fingerprint density at radius 1 is 1.50 bits per heavy atom. The van der Waals surface area contributed by atoms with Gasteiger partial charge in [0.15, 0.2) is 5.75 Å². The zero-order valence-electron chi connectivity index (χ0n) is 11.4. The Bertz CT molecular complexity index is 609. The predicted molar refractivity (Wildman–Crippen MR) is 75.1 cm³/mol. The smallest absolute Gasteiger partial charge is 0.333 e. The summed E-state index contributed by atoms with van der Waals surface area (Å²) in [4.78, 5) is 10.7. The van der Waals surface area contributed by atoms with E-state index < -0.39 is 4.92 Å². The molecule has 1 aromatic carbocycles. The summed E-state index contributed by atoms with van der Waals surface area (Å²) in [6.07, 6.45) is 4.44. The Morgan fingerprint density at radius 3 is 2.90 bits per heavy atom. The third-order valence-electron chi connectivity index (χ3n) is 2.89. The second kappa shape index (κ2) is 6.05. The van der Waals surface area contributed by atoms with Crippen LogP contribution < -0.4 is 10.1 Å². The summed E-state index contributed by atoms with van der Waals surface area (Å²) in [6, 6.07) is 4.96. The molecule has 1 aromatic heterocycles. The van der Waals surface area contributed by atoms with Crippen molar-refractivity contribution in [2.75, 3.05) is 19.0 Å². The Labute approximate surface area is 116 Å². The summed E-state index contributed by atoms with van der Waals surface area (Å²) in [5.41, 5.74) is 1.49. The lowest BCUT2D eigenvalue weighted by molar-refractivity contribution is -0.384. The largest absolute Gasteiger partial charge is 0.490 e. The molecule has 7 heteroatoms. The second-order valence-electron chi connectivity index (χ2n) is 4.31. The number of methoxy groups -OCH3 is 1. The van der Waals surface area contributed by atoms with Crippen molar-refractivity contribution < 1.29 is 9.66 Å². The molecule has 2 rings (SSSR count). The van der Waals surface area contributed by atoms with Crippen molar-refractivity contribution in [3.63, 3.8) is 0 Å². The quantitative estimate of drug-likeness (QED) is 0.644. The summed E-state index contributed by atoms with van der Waals surface area (Å²) in [5, 5.41) is 18.3. The van der Waals surface area contributed by atoms with Crippen LogP contribution in [0.15, 0.2) is 30.6 Å². The van der Waals surface area contributed by atoms with Crippen LogP contribution in [0.3, 0.4) is 0 Å². The maximum Gasteiger partial charge on any atom is 0.333 e. The van der Waals surface area contributed by atoms with Crippen molar-refractivity contribution in [1.29, 1.82) is 0 Å². The molecule has 1 heterocycles. The minimum absolute atomic E-state index is 0.0406. The van der Waals surface area contributed by atoms with Crippen LogP contribution in [0, 0.1) is 10.1 Å². The van der Waals surface area contributed by atoms with E-state index in [4.69, 9.17) is 4.74 Å². The first kappa shape index (κ1) is 13.9. The molecule has 0 unspecified atom stereocenters. The van der Waals surface area contributed by atoms with E-state index in [2.05, 4.69) is 10.4 Å². The number of ether oxygens (including phenoxy) is 1. The molecule has 1 N–H and O–H groups in total. The van der Waals surface area contributed by atoms with Gasteiger partial charge in [0.1, 0.15) is 5.69 Å². The Hall–Kier alpha value is -2.57. The highest BCUT2D eigenvalue weighted by atomic mass is 16.6. The molecule has 0 radical (unpaired) electrons. The number of rotatable bonds is 6. The number of anilines is 1. The van der Waals surface area contributed by atoms with Gasteiger partial charge in [-0.2, -0.15) is 5.10 Å². The standard InChI is InChI=1S/C13H16N4O3/c1-16-9-10(8-15-16)6-7-14-11-4-3-5-12(20-2)13(11)17(18)19/h3-5,8-9,14H,6-7H2,1-2H3. The van der Waals surface area contributed by atoms with Crippen molar-refractivity contribution in [3.8, 4) is 5.75 Å². The first-order valence-corrected chi connectivity index (χ1v) is 6.14. The van der Waals surface area contributed by atoms with Gasteiger partial charge < -0.3 is 10.1 Å². The Kier molecular flexibility index (Phi) is 4.19. The zero-order chi connectivity index (χ0) is 14.5. The summed E-state index contributed by atoms with van der Waals surface area (Å²) in [5.74, 6) is 0.251. The van der Waals surface area contributed by atoms with Crippen molar-refractivity contribution in [3.05, 3.63) is 46.3 Å². The normalized spacial score (nSPS) is 10.3. The average Bonchev–Trinajstić information content (AvgIpc) is 2.83. The fraction of sp³-hybridized carbons (Fsp3) is 0.308. The molecule has 0 bridgehead atoms. The van der Waals surface area contributed by atoms with Crippen LogP contribution in [0.2, 0.25) is 0 Å². The second-order valence-corrected chi connectivity index (χ2v) is 4.31. The lowest BCUT2D eigenvalue weighted by Crippen LogP contribution is -2.07. The van der Waals surface area contributed by atoms with E-state index in [9.17, 15) is 10.1 Å². The summed E-state index contributed by atoms with van der Waals surface area (Å²) in [7, 11) is 3.27. The van der Waals surface area contributed by atoms with E-state index in [0.717, 1.165) is 12.0 Å². The first-order chi connectivity index (χ1) is 9.61. The average molecular weight is 276 g/mol. The van der Waals surface area contributed by atoms with E-state index in [1.165, 1.54) is 7.11 Å². The predicted octanol–water partition coefficient (Wildman–Crippen LogP) is 1.99. The zero-order valence-corrected chi connectivity index (χ0v) is 11.4. The molecular weight excluding hydrogens is 260 g/mol. The summed E-state index contributed by atoms with van der Waals surface area (Å²) >= 11 is 0. The highest BCUT2D eigenvalue weighted by Gasteiger charge is 2.19. The number of nitro benzene ring substituents is 1. The summed E-state index contributed by atoms with van der Waals surface area (Å²) in [6.45, 7) is 0.583. The van der Waals surface area contributed by atoms with Crippen LogP contribution in [0.25, 0.3) is 0 Å². The topological polar surface area (TPSA) is 82.2 Å². The van der Waals surface area contributed by atoms with Gasteiger partial charge in [0, 0.05) is 19.8 Å². The number of benzene rings is 1. The highest BCUT2D eigenvalue weighted by molar-refractivity contribution is 5.68. The van der Waals surface area contributed by atoms with Crippen LogP contribution >= 0.6 is 0 Å². The molecule has 0 spiro atoms. The van der Waals surface area contributed by atoms with Crippen LogP contribution in [-0.4, -0.2) is 28.4 Å². The third-order valence-corrected chi connectivity index (χ3v) is 2.89. The number of para-hydroxylation sites is 1. The molecule has 0 amide bonds. The molecular formula is C13H16N4O3. The van der Waals surface area contributed by atoms with Crippen LogP contribution in [-0.2, 0) is 13.5 Å². The number of nitro groups is 1. The number of hydrogen-bond donors (Lipinski definition) is 1. The molecule has 106 valence electrons. The van der Waals surface area contributed by atoms with Crippen molar-refractivity contribution in [2.45, 2.75) is 6.42 Å². The van der Waals surface area contributed by atoms with Crippen LogP contribution in [0.4, 0.5) is 11.4 Å². The van der Waals surface area contributed by atoms with Crippen molar-refractivity contribution in [1.82, 2.24) is 9.78 Å². The molecule has 20 heavy (non-hydrogen) atoms. The van der Waals surface area contributed by atoms with Gasteiger partial charge in [-0.25, -0.2) is 0 Å². The van der Waals surface area contributed by atoms with Gasteiger partial charge in [0.05, 0.1) is 18.2 Å². The van der Waals surface area contributed by atoms with Gasteiger partial charge in [-0.1, -0.05) is 6.07 Å². The highest BCUT2D eigenvalue weighted by Crippen LogP contribution is 2.34. The fourth-order valence-corrected chi connectivity index (χ4v) is 1.96. The molecule has 0 saturated carbocycles. The van der Waals surface area contributed by atoms with E-state index in [-0.39, 0.29) is 11.4 Å². The lowest BCUT2D eigenvalue weighted by atomic mass is 10.2. The number of aryl methyl sites for hydroxylation is 1. The van der Waals surface area contributed by atoms with E-state index in [0.29, 0.717) is 12.2 Å². The number of nitrogens with one attached hydrogen (secondary N) is 1. The van der Waals surface area contributed by atoms with Crippen LogP contribution in [0.5, 0.6) is 5.75 Å². The molecule has 0 saturated heterocycles. The SMILES string of the molecule is COc1cccc(NCCc2cnn(C)c2)c1[N+](=O)[O-]. The van der Waals surface area contributed by atoms with Gasteiger partial charge >= 0.3 is 5.69 Å². The van der Waals surface area contributed by atoms with Gasteiger partial charge in [-0.05, 0) is 24.1 Å². The van der Waals surface area contributed by atoms with Gasteiger partial charge in [0.2, 0.25) is 0 Å². The maximum absolute atomic E-state index is 11.1. The molecule has 7 nitrogen and oxygen atoms in total. The first-order valence-electron chi connectivity index (χ1n) is 6.14. The third kappa shape index (κ3) is 3.05. The van der Waals surface area contributed by atoms with E-state index in [1.54, 1.807) is 29.1 Å². The van der Waals surface area contributed by atoms with E-state index in [1.807, 2.05) is 13.2 Å². The van der Waals surface area contributed by atoms with Crippen LogP contribution in [0.1, 0.15) is 5.56 Å². The van der Waals surface area contributed by atoms with Gasteiger partial charge in [-0.3, -0.25) is 14.8 Å². The monoisotopic (exact) mass is 276 g/mol. The van der Waals surface area contributed by atoms with Gasteiger partial charge in [0.25, 0.3) is 0 Å². The molecule has 0 aliphatic heterocycles. The summed E-state index contributed by atoms with van der Waals surface area (Å²) < 4.78 is 6.75. The lowest BCUT2D eigenvalue weighted by Gasteiger charge is -2.08. The van der Waals surface area contributed by atoms with Crippen molar-refractivity contribution >= 4 is 11.4 Å². The van der Waals surface area contributed by atoms with Crippen molar-refractivity contribution in [2.24, 2.45) is 7.05 Å². The minimum atomic E-state index is -0.439. The number of nitrogens with zero attached hydrogens (tertiary/aromatic N) is 3. The molecule has 0 aliphatic rings. The van der Waals surface area contributed by atoms with E-state index >= 15 is 0 Å². The maximum atomic E-state index is 11.1. The molecule has 0 aliphatic carbocycles.